The van der Waals surface area contributed by atoms with Crippen molar-refractivity contribution in [1.29, 1.82) is 0 Å². The van der Waals surface area contributed by atoms with Gasteiger partial charge in [0, 0.05) is 19.3 Å². The van der Waals surface area contributed by atoms with E-state index >= 15 is 0 Å². The predicted molar refractivity (Wildman–Crippen MR) is 60.6 cm³/mol. The Labute approximate surface area is 88.4 Å². The molecule has 0 aromatic heterocycles. The molecule has 0 bridgehead atoms. The van der Waals surface area contributed by atoms with E-state index < -0.39 is 0 Å². The Bertz CT molecular complexity index is 141. The minimum atomic E-state index is 0.436. The first-order valence-electron chi connectivity index (χ1n) is 6.01. The number of rotatable bonds is 6. The van der Waals surface area contributed by atoms with Crippen LogP contribution in [0.1, 0.15) is 51.9 Å². The summed E-state index contributed by atoms with van der Waals surface area (Å²) in [5.74, 6) is 0. The molecule has 2 heteroatoms. The van der Waals surface area contributed by atoms with Crippen LogP contribution >= 0.6 is 0 Å². The van der Waals surface area contributed by atoms with Crippen molar-refractivity contribution >= 4 is 0 Å². The van der Waals surface area contributed by atoms with Gasteiger partial charge >= 0.3 is 0 Å². The molecule has 0 heterocycles. The Balaban J connectivity index is 2.03. The molecule has 0 amide bonds. The number of unbranched alkanes of at least 4 members (excludes halogenated alkanes) is 1. The largest absolute Gasteiger partial charge is 0.385 e. The normalized spacial score (nSPS) is 21.0. The summed E-state index contributed by atoms with van der Waals surface area (Å²) < 4.78 is 5.03. The van der Waals surface area contributed by atoms with Gasteiger partial charge in [-0.05, 0) is 39.2 Å². The Morgan fingerprint density at radius 3 is 2.50 bits per heavy atom. The van der Waals surface area contributed by atoms with Crippen LogP contribution in [0.2, 0.25) is 0 Å². The van der Waals surface area contributed by atoms with Gasteiger partial charge in [0.2, 0.25) is 0 Å². The molecule has 1 fully saturated rings. The quantitative estimate of drug-likeness (QED) is 0.664. The van der Waals surface area contributed by atoms with Gasteiger partial charge in [-0.1, -0.05) is 19.3 Å². The first-order chi connectivity index (χ1) is 6.77. The lowest BCUT2D eigenvalue weighted by molar-refractivity contribution is 0.189. The number of nitrogens with one attached hydrogen (secondary N) is 1. The van der Waals surface area contributed by atoms with E-state index in [0.29, 0.717) is 5.54 Å². The van der Waals surface area contributed by atoms with Gasteiger partial charge in [0.1, 0.15) is 0 Å². The zero-order valence-corrected chi connectivity index (χ0v) is 9.77. The summed E-state index contributed by atoms with van der Waals surface area (Å²) in [6.07, 6.45) is 9.38. The fourth-order valence-corrected chi connectivity index (χ4v) is 2.27. The average molecular weight is 199 g/mol. The van der Waals surface area contributed by atoms with E-state index in [-0.39, 0.29) is 0 Å². The van der Waals surface area contributed by atoms with Crippen molar-refractivity contribution in [3.63, 3.8) is 0 Å². The van der Waals surface area contributed by atoms with Crippen LogP contribution in [0.15, 0.2) is 0 Å². The van der Waals surface area contributed by atoms with E-state index in [1.165, 1.54) is 44.9 Å². The molecule has 1 saturated carbocycles. The number of methoxy groups -OCH3 is 1. The minimum Gasteiger partial charge on any atom is -0.385 e. The molecule has 2 nitrogen and oxygen atoms in total. The highest BCUT2D eigenvalue weighted by atomic mass is 16.5. The fraction of sp³-hybridized carbons (Fsp3) is 1.00. The second-order valence-corrected chi connectivity index (χ2v) is 4.75. The van der Waals surface area contributed by atoms with Crippen LogP contribution in [-0.4, -0.2) is 25.8 Å². The number of hydrogen-bond acceptors (Lipinski definition) is 2. The summed E-state index contributed by atoms with van der Waals surface area (Å²) in [5, 5.41) is 3.70. The third-order valence-electron chi connectivity index (χ3n) is 3.28. The van der Waals surface area contributed by atoms with E-state index in [2.05, 4.69) is 12.2 Å². The predicted octanol–water partition coefficient (Wildman–Crippen LogP) is 2.73. The topological polar surface area (TPSA) is 21.3 Å². The molecule has 1 aliphatic rings. The molecule has 0 aromatic carbocycles. The molecule has 84 valence electrons. The van der Waals surface area contributed by atoms with Gasteiger partial charge in [-0.25, -0.2) is 0 Å². The average Bonchev–Trinajstić information content (AvgIpc) is 2.18. The summed E-state index contributed by atoms with van der Waals surface area (Å²) in [6.45, 7) is 4.43. The lowest BCUT2D eigenvalue weighted by Crippen LogP contribution is -2.44. The summed E-state index contributed by atoms with van der Waals surface area (Å²) >= 11 is 0. The van der Waals surface area contributed by atoms with Gasteiger partial charge in [0.25, 0.3) is 0 Å². The Morgan fingerprint density at radius 1 is 1.14 bits per heavy atom. The summed E-state index contributed by atoms with van der Waals surface area (Å²) in [6, 6.07) is 0. The van der Waals surface area contributed by atoms with Crippen molar-refractivity contribution < 1.29 is 4.74 Å². The highest BCUT2D eigenvalue weighted by Gasteiger charge is 2.25. The molecule has 0 spiro atoms. The lowest BCUT2D eigenvalue weighted by Gasteiger charge is -2.34. The maximum atomic E-state index is 5.03. The maximum Gasteiger partial charge on any atom is 0.0462 e. The molecule has 1 rings (SSSR count). The first-order valence-corrected chi connectivity index (χ1v) is 6.01. The van der Waals surface area contributed by atoms with Crippen LogP contribution in [0, 0.1) is 0 Å². The van der Waals surface area contributed by atoms with E-state index in [9.17, 15) is 0 Å². The summed E-state index contributed by atoms with van der Waals surface area (Å²) in [7, 11) is 1.77. The summed E-state index contributed by atoms with van der Waals surface area (Å²) in [5.41, 5.74) is 0.436. The second kappa shape index (κ2) is 6.41. The fourth-order valence-electron chi connectivity index (χ4n) is 2.27. The third kappa shape index (κ3) is 4.43. The third-order valence-corrected chi connectivity index (χ3v) is 3.28. The summed E-state index contributed by atoms with van der Waals surface area (Å²) in [4.78, 5) is 0. The van der Waals surface area contributed by atoms with Crippen LogP contribution in [-0.2, 0) is 4.74 Å². The van der Waals surface area contributed by atoms with E-state index in [4.69, 9.17) is 4.74 Å². The van der Waals surface area contributed by atoms with Crippen molar-refractivity contribution in [3.05, 3.63) is 0 Å². The van der Waals surface area contributed by atoms with E-state index in [0.717, 1.165) is 13.2 Å². The van der Waals surface area contributed by atoms with Gasteiger partial charge in [-0.15, -0.1) is 0 Å². The first kappa shape index (κ1) is 12.0. The molecule has 1 aliphatic carbocycles. The Morgan fingerprint density at radius 2 is 1.86 bits per heavy atom. The van der Waals surface area contributed by atoms with Gasteiger partial charge < -0.3 is 10.1 Å². The molecule has 0 aliphatic heterocycles. The molecule has 0 unspecified atom stereocenters. The van der Waals surface area contributed by atoms with Crippen LogP contribution in [0.4, 0.5) is 0 Å². The number of hydrogen-bond donors (Lipinski definition) is 1. The van der Waals surface area contributed by atoms with Crippen molar-refractivity contribution in [3.8, 4) is 0 Å². The SMILES string of the molecule is COCCCCNC1(C)CCCCC1. The molecular formula is C12H25NO. The van der Waals surface area contributed by atoms with Crippen molar-refractivity contribution in [2.45, 2.75) is 57.4 Å². The van der Waals surface area contributed by atoms with Crippen LogP contribution in [0.5, 0.6) is 0 Å². The Kier molecular flexibility index (Phi) is 5.49. The highest BCUT2D eigenvalue weighted by Crippen LogP contribution is 2.27. The van der Waals surface area contributed by atoms with Gasteiger partial charge in [-0.2, -0.15) is 0 Å². The standard InChI is InChI=1S/C12H25NO/c1-12(8-4-3-5-9-12)13-10-6-7-11-14-2/h13H,3-11H2,1-2H3. The molecule has 0 aromatic rings. The van der Waals surface area contributed by atoms with Crippen molar-refractivity contribution in [2.75, 3.05) is 20.3 Å². The molecule has 14 heavy (non-hydrogen) atoms. The van der Waals surface area contributed by atoms with E-state index in [1.54, 1.807) is 7.11 Å². The Hall–Kier alpha value is -0.0800. The highest BCUT2D eigenvalue weighted by molar-refractivity contribution is 4.85. The molecule has 0 atom stereocenters. The van der Waals surface area contributed by atoms with Crippen LogP contribution < -0.4 is 5.32 Å². The van der Waals surface area contributed by atoms with E-state index in [1.807, 2.05) is 0 Å². The zero-order chi connectivity index (χ0) is 10.3. The van der Waals surface area contributed by atoms with Crippen molar-refractivity contribution in [1.82, 2.24) is 5.32 Å². The maximum absolute atomic E-state index is 5.03. The molecule has 0 radical (unpaired) electrons. The van der Waals surface area contributed by atoms with Crippen molar-refractivity contribution in [2.24, 2.45) is 0 Å². The molecule has 0 saturated heterocycles. The monoisotopic (exact) mass is 199 g/mol. The van der Waals surface area contributed by atoms with Gasteiger partial charge in [0.15, 0.2) is 0 Å². The minimum absolute atomic E-state index is 0.436. The van der Waals surface area contributed by atoms with Gasteiger partial charge in [0.05, 0.1) is 0 Å². The zero-order valence-electron chi connectivity index (χ0n) is 9.77. The van der Waals surface area contributed by atoms with Crippen LogP contribution in [0.25, 0.3) is 0 Å². The smallest absolute Gasteiger partial charge is 0.0462 e. The van der Waals surface area contributed by atoms with Crippen LogP contribution in [0.3, 0.4) is 0 Å². The lowest BCUT2D eigenvalue weighted by atomic mass is 9.83. The second-order valence-electron chi connectivity index (χ2n) is 4.75. The molecular weight excluding hydrogens is 174 g/mol. The number of ether oxygens (including phenoxy) is 1. The molecule has 1 N–H and O–H groups in total. The van der Waals surface area contributed by atoms with Gasteiger partial charge in [-0.3, -0.25) is 0 Å².